The van der Waals surface area contributed by atoms with Crippen molar-refractivity contribution in [2.75, 3.05) is 31.2 Å². The average molecular weight is 487 g/mol. The van der Waals surface area contributed by atoms with Crippen LogP contribution in [-0.4, -0.2) is 57.0 Å². The minimum Gasteiger partial charge on any atom is -0.380 e. The van der Waals surface area contributed by atoms with Crippen LogP contribution >= 0.6 is 11.6 Å². The molecule has 178 valence electrons. The highest BCUT2D eigenvalue weighted by Crippen LogP contribution is 2.35. The molecule has 0 N–H and O–H groups in total. The third kappa shape index (κ3) is 3.95. The molecule has 3 aliphatic rings. The molecule has 0 radical (unpaired) electrons. The summed E-state index contributed by atoms with van der Waals surface area (Å²) in [6, 6.07) is 7.23. The van der Waals surface area contributed by atoms with Crippen molar-refractivity contribution < 1.29 is 13.5 Å². The molecular weight excluding hydrogens is 462 g/mol. The van der Waals surface area contributed by atoms with Crippen LogP contribution in [0.4, 0.5) is 14.6 Å². The normalized spacial score (nSPS) is 21.4. The van der Waals surface area contributed by atoms with E-state index in [9.17, 15) is 8.78 Å². The number of anilines is 1. The number of nitrogens with zero attached hydrogens (tertiary/aromatic N) is 6. The third-order valence-electron chi connectivity index (χ3n) is 7.13. The van der Waals surface area contributed by atoms with Crippen molar-refractivity contribution >= 4 is 17.4 Å². The van der Waals surface area contributed by atoms with Gasteiger partial charge >= 0.3 is 0 Å². The van der Waals surface area contributed by atoms with Crippen molar-refractivity contribution in [3.05, 3.63) is 64.3 Å². The zero-order chi connectivity index (χ0) is 23.2. The summed E-state index contributed by atoms with van der Waals surface area (Å²) in [7, 11) is 0. The summed E-state index contributed by atoms with van der Waals surface area (Å²) in [5.74, 6) is 0.919. The molecule has 6 rings (SSSR count). The van der Waals surface area contributed by atoms with Crippen LogP contribution in [-0.2, 0) is 17.8 Å². The highest BCUT2D eigenvalue weighted by Gasteiger charge is 2.33. The van der Waals surface area contributed by atoms with Crippen LogP contribution in [0.3, 0.4) is 0 Å². The van der Waals surface area contributed by atoms with E-state index in [1.54, 1.807) is 0 Å². The lowest BCUT2D eigenvalue weighted by molar-refractivity contribution is 0.133. The molecule has 7 nitrogen and oxygen atoms in total. The molecule has 0 spiro atoms. The summed E-state index contributed by atoms with van der Waals surface area (Å²) in [6.45, 7) is 4.20. The molecule has 2 fully saturated rings. The van der Waals surface area contributed by atoms with Crippen LogP contribution in [0.5, 0.6) is 0 Å². The van der Waals surface area contributed by atoms with Gasteiger partial charge in [0, 0.05) is 49.3 Å². The lowest BCUT2D eigenvalue weighted by Crippen LogP contribution is -2.35. The van der Waals surface area contributed by atoms with Crippen molar-refractivity contribution in [2.45, 2.75) is 44.3 Å². The molecule has 1 atom stereocenters. The minimum absolute atomic E-state index is 0.172. The van der Waals surface area contributed by atoms with E-state index in [1.807, 2.05) is 17.0 Å². The summed E-state index contributed by atoms with van der Waals surface area (Å²) in [5, 5.41) is 9.95. The van der Waals surface area contributed by atoms with E-state index in [4.69, 9.17) is 16.3 Å². The highest BCUT2D eigenvalue weighted by molar-refractivity contribution is 6.30. The molecule has 2 saturated heterocycles. The maximum atomic E-state index is 14.2. The molecule has 1 aromatic carbocycles. The Kier molecular flexibility index (Phi) is 5.71. The highest BCUT2D eigenvalue weighted by atomic mass is 35.5. The number of aromatic nitrogens is 4. The number of fused-ring (bicyclic) bond motifs is 3. The number of piperidine rings is 1. The van der Waals surface area contributed by atoms with E-state index in [0.29, 0.717) is 30.7 Å². The van der Waals surface area contributed by atoms with Gasteiger partial charge < -0.3 is 9.64 Å². The zero-order valence-corrected chi connectivity index (χ0v) is 19.4. The monoisotopic (exact) mass is 486 g/mol. The molecule has 3 aromatic rings. The van der Waals surface area contributed by atoms with Gasteiger partial charge in [-0.3, -0.25) is 9.47 Å². The Morgan fingerprint density at radius 3 is 2.65 bits per heavy atom. The first kappa shape index (κ1) is 21.9. The minimum atomic E-state index is -0.667. The predicted molar refractivity (Wildman–Crippen MR) is 123 cm³/mol. The van der Waals surface area contributed by atoms with Crippen LogP contribution in [0.1, 0.15) is 42.4 Å². The van der Waals surface area contributed by atoms with E-state index >= 15 is 0 Å². The van der Waals surface area contributed by atoms with Crippen LogP contribution < -0.4 is 4.90 Å². The van der Waals surface area contributed by atoms with Gasteiger partial charge in [-0.25, -0.2) is 13.8 Å². The lowest BCUT2D eigenvalue weighted by Gasteiger charge is -2.32. The summed E-state index contributed by atoms with van der Waals surface area (Å²) in [5.41, 5.74) is 2.21. The van der Waals surface area contributed by atoms with Crippen molar-refractivity contribution in [2.24, 2.45) is 0 Å². The van der Waals surface area contributed by atoms with Gasteiger partial charge in [-0.15, -0.1) is 10.2 Å². The summed E-state index contributed by atoms with van der Waals surface area (Å²) in [4.78, 5) is 8.25. The predicted octanol–water partition coefficient (Wildman–Crippen LogP) is 4.08. The number of pyridine rings is 1. The molecule has 0 bridgehead atoms. The van der Waals surface area contributed by atoms with Gasteiger partial charge in [0.25, 0.3) is 0 Å². The van der Waals surface area contributed by atoms with Crippen LogP contribution in [0.2, 0.25) is 5.02 Å². The fourth-order valence-corrected chi connectivity index (χ4v) is 5.57. The first-order valence-electron chi connectivity index (χ1n) is 11.7. The number of hydrogen-bond donors (Lipinski definition) is 0. The molecular formula is C24H25ClF2N6O. The maximum absolute atomic E-state index is 14.2. The van der Waals surface area contributed by atoms with Crippen molar-refractivity contribution in [1.29, 1.82) is 0 Å². The quantitative estimate of drug-likeness (QED) is 0.556. The fraction of sp³-hybridized carbons (Fsp3) is 0.458. The van der Waals surface area contributed by atoms with Gasteiger partial charge in [0.05, 0.1) is 25.0 Å². The Morgan fingerprint density at radius 2 is 1.88 bits per heavy atom. The summed E-state index contributed by atoms with van der Waals surface area (Å²) in [6.07, 6.45) is 3.62. The number of rotatable bonds is 3. The molecule has 5 heterocycles. The van der Waals surface area contributed by atoms with Crippen molar-refractivity contribution in [1.82, 2.24) is 24.6 Å². The fourth-order valence-electron chi connectivity index (χ4n) is 5.37. The molecule has 0 aliphatic carbocycles. The maximum Gasteiger partial charge on any atom is 0.168 e. The average Bonchev–Trinajstić information content (AvgIpc) is 3.47. The second-order valence-corrected chi connectivity index (χ2v) is 9.66. The van der Waals surface area contributed by atoms with E-state index in [2.05, 4.69) is 30.7 Å². The summed E-state index contributed by atoms with van der Waals surface area (Å²) >= 11 is 6.37. The molecule has 0 saturated carbocycles. The third-order valence-corrected chi connectivity index (χ3v) is 7.36. The number of halogens is 3. The van der Waals surface area contributed by atoms with Crippen LogP contribution in [0.25, 0.3) is 5.69 Å². The number of ether oxygens (including phenoxy) is 1. The molecule has 2 aromatic heterocycles. The second-order valence-electron chi connectivity index (χ2n) is 9.23. The number of benzene rings is 1. The van der Waals surface area contributed by atoms with E-state index in [-0.39, 0.29) is 11.7 Å². The van der Waals surface area contributed by atoms with Crippen molar-refractivity contribution in [3.63, 3.8) is 0 Å². The summed E-state index contributed by atoms with van der Waals surface area (Å²) < 4.78 is 35.4. The Hall–Kier alpha value is -2.62. The molecule has 0 amide bonds. The Labute approximate surface area is 201 Å². The van der Waals surface area contributed by atoms with Gasteiger partial charge in [-0.1, -0.05) is 11.6 Å². The van der Waals surface area contributed by atoms with E-state index in [1.165, 1.54) is 0 Å². The molecule has 34 heavy (non-hydrogen) atoms. The lowest BCUT2D eigenvalue weighted by atomic mass is 9.95. The van der Waals surface area contributed by atoms with E-state index in [0.717, 1.165) is 74.2 Å². The zero-order valence-electron chi connectivity index (χ0n) is 18.6. The molecule has 0 unspecified atom stereocenters. The molecule has 3 aliphatic heterocycles. The first-order chi connectivity index (χ1) is 16.6. The van der Waals surface area contributed by atoms with Crippen LogP contribution in [0, 0.1) is 11.6 Å². The topological polar surface area (TPSA) is 59.3 Å². The van der Waals surface area contributed by atoms with Gasteiger partial charge in [0.2, 0.25) is 0 Å². The van der Waals surface area contributed by atoms with Crippen LogP contribution in [0.15, 0.2) is 30.5 Å². The Balaban J connectivity index is 1.29. The SMILES string of the molecule is Fc1cnc(N2CCC(c3nnc4n3-c3ccc(Cl)cc3CN([C@H]3CCOC3)C4)CC2)c(F)c1. The number of hydrogen-bond acceptors (Lipinski definition) is 6. The van der Waals surface area contributed by atoms with Gasteiger partial charge in [-0.05, 0) is 43.0 Å². The Bertz CT molecular complexity index is 1210. The second kappa shape index (κ2) is 8.87. The van der Waals surface area contributed by atoms with Crippen molar-refractivity contribution in [3.8, 4) is 5.69 Å². The Morgan fingerprint density at radius 1 is 1.03 bits per heavy atom. The largest absolute Gasteiger partial charge is 0.380 e. The first-order valence-corrected chi connectivity index (χ1v) is 12.1. The van der Waals surface area contributed by atoms with Gasteiger partial charge in [0.1, 0.15) is 11.6 Å². The standard InChI is InChI=1S/C24H25ClF2N6O/c25-17-1-2-21-16(9-17)12-32(19-5-8-34-14-19)13-22-29-30-23(33(21)22)15-3-6-31(7-4-15)24-20(27)10-18(26)11-28-24/h1-2,9-11,15,19H,3-8,12-14H2/t19-/m0/s1. The van der Waals surface area contributed by atoms with Gasteiger partial charge in [-0.2, -0.15) is 0 Å². The smallest absolute Gasteiger partial charge is 0.168 e. The van der Waals surface area contributed by atoms with E-state index < -0.39 is 11.6 Å². The molecule has 10 heteroatoms. The van der Waals surface area contributed by atoms with Gasteiger partial charge in [0.15, 0.2) is 17.5 Å².